The van der Waals surface area contributed by atoms with Crippen molar-refractivity contribution >= 4 is 0 Å². The highest BCUT2D eigenvalue weighted by molar-refractivity contribution is 5.01. The molecule has 3 heteroatoms. The third-order valence-corrected chi connectivity index (χ3v) is 5.44. The molecule has 18 heavy (non-hydrogen) atoms. The predicted octanol–water partition coefficient (Wildman–Crippen LogP) is 1.64. The number of piperazine rings is 1. The van der Waals surface area contributed by atoms with E-state index in [1.807, 2.05) is 0 Å². The lowest BCUT2D eigenvalue weighted by atomic mass is 9.96. The first kappa shape index (κ1) is 12.9. The zero-order valence-electron chi connectivity index (χ0n) is 12.5. The van der Waals surface area contributed by atoms with E-state index >= 15 is 0 Å². The normalized spacial score (nSPS) is 36.7. The van der Waals surface area contributed by atoms with E-state index in [0.29, 0.717) is 5.54 Å². The van der Waals surface area contributed by atoms with Gasteiger partial charge < -0.3 is 4.90 Å². The van der Waals surface area contributed by atoms with E-state index in [1.165, 1.54) is 45.4 Å². The predicted molar refractivity (Wildman–Crippen MR) is 75.9 cm³/mol. The Morgan fingerprint density at radius 3 is 2.00 bits per heavy atom. The van der Waals surface area contributed by atoms with Crippen LogP contribution in [0.5, 0.6) is 0 Å². The van der Waals surface area contributed by atoms with E-state index < -0.39 is 0 Å². The van der Waals surface area contributed by atoms with Gasteiger partial charge in [0.15, 0.2) is 0 Å². The van der Waals surface area contributed by atoms with Crippen molar-refractivity contribution in [2.75, 3.05) is 33.2 Å². The van der Waals surface area contributed by atoms with Crippen molar-refractivity contribution in [2.45, 2.75) is 63.7 Å². The van der Waals surface area contributed by atoms with Crippen molar-refractivity contribution in [3.8, 4) is 0 Å². The molecule has 0 saturated carbocycles. The van der Waals surface area contributed by atoms with Gasteiger partial charge in [-0.2, -0.15) is 0 Å². The van der Waals surface area contributed by atoms with Crippen molar-refractivity contribution in [3.05, 3.63) is 0 Å². The summed E-state index contributed by atoms with van der Waals surface area (Å²) in [5.74, 6) is 0. The van der Waals surface area contributed by atoms with Crippen LogP contribution in [0.1, 0.15) is 40.0 Å². The molecule has 3 fully saturated rings. The quantitative estimate of drug-likeness (QED) is 0.701. The SMILES string of the molecule is CN1C[C@@H]2C[C@H]1CN2C1CCN(C(C)(C)C)CC1. The Hall–Kier alpha value is -0.120. The number of rotatable bonds is 1. The first-order valence-corrected chi connectivity index (χ1v) is 7.66. The van der Waals surface area contributed by atoms with Crippen molar-refractivity contribution in [1.82, 2.24) is 14.7 Å². The molecule has 0 aliphatic carbocycles. The van der Waals surface area contributed by atoms with Crippen molar-refractivity contribution in [1.29, 1.82) is 0 Å². The maximum Gasteiger partial charge on any atom is 0.0242 e. The molecule has 3 aliphatic rings. The Morgan fingerprint density at radius 1 is 0.889 bits per heavy atom. The molecule has 3 aliphatic heterocycles. The second kappa shape index (κ2) is 4.46. The van der Waals surface area contributed by atoms with Crippen molar-refractivity contribution < 1.29 is 0 Å². The highest BCUT2D eigenvalue weighted by Crippen LogP contribution is 2.34. The summed E-state index contributed by atoms with van der Waals surface area (Å²) in [6.45, 7) is 12.3. The topological polar surface area (TPSA) is 9.72 Å². The van der Waals surface area contributed by atoms with Crippen LogP contribution in [-0.4, -0.2) is 71.6 Å². The molecule has 104 valence electrons. The molecule has 2 bridgehead atoms. The molecule has 0 N–H and O–H groups in total. The van der Waals surface area contributed by atoms with Crippen LogP contribution in [0.25, 0.3) is 0 Å². The second-order valence-electron chi connectivity index (χ2n) is 7.57. The first-order valence-electron chi connectivity index (χ1n) is 7.66. The van der Waals surface area contributed by atoms with E-state index in [1.54, 1.807) is 0 Å². The fraction of sp³-hybridized carbons (Fsp3) is 1.00. The molecule has 3 heterocycles. The van der Waals surface area contributed by atoms with E-state index in [4.69, 9.17) is 0 Å². The highest BCUT2D eigenvalue weighted by atomic mass is 15.4. The second-order valence-corrected chi connectivity index (χ2v) is 7.57. The summed E-state index contributed by atoms with van der Waals surface area (Å²) in [6.07, 6.45) is 4.18. The number of fused-ring (bicyclic) bond motifs is 2. The summed E-state index contributed by atoms with van der Waals surface area (Å²) in [7, 11) is 2.30. The van der Waals surface area contributed by atoms with Crippen LogP contribution in [0.15, 0.2) is 0 Å². The van der Waals surface area contributed by atoms with Crippen molar-refractivity contribution in [2.24, 2.45) is 0 Å². The molecular formula is C15H29N3. The largest absolute Gasteiger partial charge is 0.301 e. The van der Waals surface area contributed by atoms with Crippen LogP contribution in [0.4, 0.5) is 0 Å². The van der Waals surface area contributed by atoms with Gasteiger partial charge in [-0.05, 0) is 47.1 Å². The molecule has 0 spiro atoms. The molecule has 3 rings (SSSR count). The molecule has 2 atom stereocenters. The van der Waals surface area contributed by atoms with Gasteiger partial charge in [0.25, 0.3) is 0 Å². The minimum absolute atomic E-state index is 0.356. The van der Waals surface area contributed by atoms with Crippen LogP contribution >= 0.6 is 0 Å². The monoisotopic (exact) mass is 251 g/mol. The zero-order valence-corrected chi connectivity index (χ0v) is 12.5. The maximum absolute atomic E-state index is 2.84. The third-order valence-electron chi connectivity index (χ3n) is 5.44. The Morgan fingerprint density at radius 2 is 1.56 bits per heavy atom. The van der Waals surface area contributed by atoms with Gasteiger partial charge in [-0.15, -0.1) is 0 Å². The first-order chi connectivity index (χ1) is 8.45. The molecule has 0 amide bonds. The Kier molecular flexibility index (Phi) is 3.20. The molecule has 0 unspecified atom stereocenters. The van der Waals surface area contributed by atoms with Gasteiger partial charge in [-0.1, -0.05) is 0 Å². The van der Waals surface area contributed by atoms with Gasteiger partial charge in [0.1, 0.15) is 0 Å². The van der Waals surface area contributed by atoms with E-state index in [2.05, 4.69) is 42.5 Å². The molecule has 0 radical (unpaired) electrons. The fourth-order valence-corrected chi connectivity index (χ4v) is 4.21. The fourth-order valence-electron chi connectivity index (χ4n) is 4.21. The Balaban J connectivity index is 1.55. The van der Waals surface area contributed by atoms with Crippen LogP contribution in [-0.2, 0) is 0 Å². The van der Waals surface area contributed by atoms with E-state index in [9.17, 15) is 0 Å². The number of hydrogen-bond acceptors (Lipinski definition) is 3. The summed E-state index contributed by atoms with van der Waals surface area (Å²) < 4.78 is 0. The summed E-state index contributed by atoms with van der Waals surface area (Å²) in [6, 6.07) is 2.59. The average Bonchev–Trinajstić information content (AvgIpc) is 2.86. The number of nitrogens with zero attached hydrogens (tertiary/aromatic N) is 3. The smallest absolute Gasteiger partial charge is 0.0242 e. The van der Waals surface area contributed by atoms with Gasteiger partial charge >= 0.3 is 0 Å². The summed E-state index contributed by atoms with van der Waals surface area (Å²) >= 11 is 0. The minimum Gasteiger partial charge on any atom is -0.301 e. The maximum atomic E-state index is 2.84. The minimum atomic E-state index is 0.356. The lowest BCUT2D eigenvalue weighted by Gasteiger charge is -2.45. The number of likely N-dealkylation sites (N-methyl/N-ethyl adjacent to an activating group) is 1. The van der Waals surface area contributed by atoms with Gasteiger partial charge in [-0.3, -0.25) is 9.80 Å². The van der Waals surface area contributed by atoms with Crippen molar-refractivity contribution in [3.63, 3.8) is 0 Å². The third kappa shape index (κ3) is 2.21. The molecular weight excluding hydrogens is 222 g/mol. The zero-order chi connectivity index (χ0) is 12.9. The van der Waals surface area contributed by atoms with Crippen LogP contribution in [0, 0.1) is 0 Å². The molecule has 0 aromatic heterocycles. The highest BCUT2D eigenvalue weighted by Gasteiger charge is 2.44. The van der Waals surface area contributed by atoms with Gasteiger partial charge in [-0.25, -0.2) is 0 Å². The number of hydrogen-bond donors (Lipinski definition) is 0. The standard InChI is InChI=1S/C15H29N3/c1-15(2,3)17-7-5-12(6-8-17)18-11-13-9-14(18)10-16(13)4/h12-14H,5-11H2,1-4H3/t13-,14-/m0/s1. The van der Waals surface area contributed by atoms with Crippen LogP contribution in [0.3, 0.4) is 0 Å². The van der Waals surface area contributed by atoms with E-state index in [-0.39, 0.29) is 0 Å². The molecule has 3 nitrogen and oxygen atoms in total. The molecule has 0 aromatic carbocycles. The summed E-state index contributed by atoms with van der Waals surface area (Å²) in [5, 5.41) is 0. The number of likely N-dealkylation sites (tertiary alicyclic amines) is 3. The average molecular weight is 251 g/mol. The van der Waals surface area contributed by atoms with E-state index in [0.717, 1.165) is 18.1 Å². The van der Waals surface area contributed by atoms with Crippen LogP contribution < -0.4 is 0 Å². The lowest BCUT2D eigenvalue weighted by molar-refractivity contribution is 0.0336. The van der Waals surface area contributed by atoms with Gasteiger partial charge in [0.2, 0.25) is 0 Å². The van der Waals surface area contributed by atoms with Gasteiger partial charge in [0.05, 0.1) is 0 Å². The lowest BCUT2D eigenvalue weighted by Crippen LogP contribution is -2.54. The van der Waals surface area contributed by atoms with Gasteiger partial charge in [0, 0.05) is 49.8 Å². The molecule has 3 saturated heterocycles. The Bertz CT molecular complexity index is 299. The Labute approximate surface area is 112 Å². The summed E-state index contributed by atoms with van der Waals surface area (Å²) in [4.78, 5) is 8.06. The van der Waals surface area contributed by atoms with Crippen LogP contribution in [0.2, 0.25) is 0 Å². The number of piperidine rings is 1. The summed E-state index contributed by atoms with van der Waals surface area (Å²) in [5.41, 5.74) is 0.356. The molecule has 0 aromatic rings.